The smallest absolute Gasteiger partial charge is 0.162 e. The lowest BCUT2D eigenvalue weighted by atomic mass is 9.71. The van der Waals surface area contributed by atoms with Crippen molar-refractivity contribution in [1.29, 1.82) is 0 Å². The normalized spacial score (nSPS) is 22.9. The predicted octanol–water partition coefficient (Wildman–Crippen LogP) is 3.68. The Morgan fingerprint density at radius 2 is 2.05 bits per heavy atom. The first-order valence-electron chi connectivity index (χ1n) is 7.16. The highest BCUT2D eigenvalue weighted by Gasteiger charge is 2.38. The van der Waals surface area contributed by atoms with Crippen LogP contribution >= 0.6 is 0 Å². The van der Waals surface area contributed by atoms with Crippen LogP contribution in [0, 0.1) is 11.3 Å². The van der Waals surface area contributed by atoms with Gasteiger partial charge in [-0.2, -0.15) is 0 Å². The van der Waals surface area contributed by atoms with Crippen molar-refractivity contribution in [3.05, 3.63) is 23.8 Å². The molecule has 1 aromatic rings. The average molecular weight is 282 g/mol. The number of carbonyl (C=O) groups is 2. The number of hydrogen-bond acceptors (Lipinski definition) is 4. The van der Waals surface area contributed by atoms with E-state index in [-0.39, 0.29) is 22.9 Å². The quantitative estimate of drug-likeness (QED) is 0.738. The molecule has 0 saturated heterocycles. The Kier molecular flexibility index (Phi) is 3.12. The minimum absolute atomic E-state index is 0.0359. The molecule has 1 saturated carbocycles. The van der Waals surface area contributed by atoms with Crippen molar-refractivity contribution in [1.82, 2.24) is 0 Å². The van der Waals surface area contributed by atoms with Gasteiger partial charge in [-0.05, 0) is 30.9 Å². The van der Waals surface area contributed by atoms with Gasteiger partial charge in [0.15, 0.2) is 5.78 Å². The van der Waals surface area contributed by atoms with Crippen molar-refractivity contribution in [2.24, 2.45) is 21.3 Å². The van der Waals surface area contributed by atoms with Crippen molar-refractivity contribution >= 4 is 34.9 Å². The van der Waals surface area contributed by atoms with Crippen LogP contribution in [0.2, 0.25) is 0 Å². The monoisotopic (exact) mass is 282 g/mol. The lowest BCUT2D eigenvalue weighted by molar-refractivity contribution is -0.122. The minimum atomic E-state index is -0.342. The molecule has 1 unspecified atom stereocenters. The summed E-state index contributed by atoms with van der Waals surface area (Å²) in [4.78, 5) is 33.2. The van der Waals surface area contributed by atoms with Crippen molar-refractivity contribution in [3.8, 4) is 0 Å². The Bertz CT molecular complexity index is 699. The zero-order chi connectivity index (χ0) is 15.2. The van der Waals surface area contributed by atoms with Crippen LogP contribution in [0.4, 0.5) is 11.4 Å². The molecule has 0 spiro atoms. The van der Waals surface area contributed by atoms with Gasteiger partial charge in [0.25, 0.3) is 0 Å². The van der Waals surface area contributed by atoms with Crippen molar-refractivity contribution < 1.29 is 9.59 Å². The summed E-state index contributed by atoms with van der Waals surface area (Å²) in [6, 6.07) is 5.39. The summed E-state index contributed by atoms with van der Waals surface area (Å²) in [6.07, 6.45) is 2.98. The molecule has 0 aromatic heterocycles. The molecular weight excluding hydrogens is 264 g/mol. The van der Waals surface area contributed by atoms with Gasteiger partial charge in [-0.25, -0.2) is 0 Å². The third-order valence-electron chi connectivity index (χ3n) is 4.03. The fourth-order valence-electron chi connectivity index (χ4n) is 3.04. The molecule has 1 fully saturated rings. The molecule has 1 aliphatic carbocycles. The van der Waals surface area contributed by atoms with Crippen molar-refractivity contribution in [3.63, 3.8) is 0 Å². The molecule has 108 valence electrons. The highest BCUT2D eigenvalue weighted by molar-refractivity contribution is 6.20. The number of aliphatic imine (C=N–C) groups is 2. The summed E-state index contributed by atoms with van der Waals surface area (Å²) in [5.74, 6) is -0.220. The molecular formula is C17H18N2O2. The maximum atomic E-state index is 12.3. The Hall–Kier alpha value is -2.10. The van der Waals surface area contributed by atoms with E-state index in [9.17, 15) is 9.59 Å². The number of nitrogens with zero attached hydrogens (tertiary/aromatic N) is 2. The topological polar surface area (TPSA) is 58.9 Å². The summed E-state index contributed by atoms with van der Waals surface area (Å²) >= 11 is 0. The van der Waals surface area contributed by atoms with Crippen LogP contribution in [0.25, 0.3) is 0 Å². The van der Waals surface area contributed by atoms with Crippen LogP contribution in [-0.2, 0) is 4.79 Å². The molecule has 0 bridgehead atoms. The zero-order valence-corrected chi connectivity index (χ0v) is 12.5. The lowest BCUT2D eigenvalue weighted by Gasteiger charge is -2.32. The minimum Gasteiger partial charge on any atom is -0.299 e. The molecule has 4 nitrogen and oxygen atoms in total. The molecule has 1 aliphatic heterocycles. The van der Waals surface area contributed by atoms with E-state index in [1.165, 1.54) is 6.92 Å². The van der Waals surface area contributed by atoms with E-state index < -0.39 is 0 Å². The largest absolute Gasteiger partial charge is 0.299 e. The van der Waals surface area contributed by atoms with Crippen LogP contribution in [-0.4, -0.2) is 23.5 Å². The van der Waals surface area contributed by atoms with Gasteiger partial charge in [-0.15, -0.1) is 0 Å². The van der Waals surface area contributed by atoms with Gasteiger partial charge >= 0.3 is 0 Å². The van der Waals surface area contributed by atoms with Crippen LogP contribution in [0.15, 0.2) is 28.2 Å². The third kappa shape index (κ3) is 2.46. The Morgan fingerprint density at radius 1 is 1.29 bits per heavy atom. The first-order valence-corrected chi connectivity index (χ1v) is 7.16. The van der Waals surface area contributed by atoms with Crippen LogP contribution < -0.4 is 0 Å². The second kappa shape index (κ2) is 4.72. The van der Waals surface area contributed by atoms with E-state index >= 15 is 0 Å². The van der Waals surface area contributed by atoms with Crippen LogP contribution in [0.3, 0.4) is 0 Å². The summed E-state index contributed by atoms with van der Waals surface area (Å²) in [6.45, 7) is 5.67. The van der Waals surface area contributed by atoms with Gasteiger partial charge in [0.2, 0.25) is 0 Å². The second-order valence-electron chi connectivity index (χ2n) is 6.57. The number of rotatable bonds is 1. The number of Topliss-reactive ketones (excluding diaryl/α,β-unsaturated/α-hetero) is 2. The molecule has 1 atom stereocenters. The molecule has 0 amide bonds. The van der Waals surface area contributed by atoms with Gasteiger partial charge in [-0.3, -0.25) is 19.6 Å². The number of fused-ring (bicyclic) bond motifs is 2. The standard InChI is InChI=1S/C17H18N2O2/c1-10(20)11-5-4-6-13-16(11)19-14-7-17(2,3)8-15(21)12(14)9-18-13/h4-6,9,12H,7-8H2,1-3H3. The molecule has 1 heterocycles. The maximum Gasteiger partial charge on any atom is 0.162 e. The van der Waals surface area contributed by atoms with E-state index in [1.807, 2.05) is 6.07 Å². The number of para-hydroxylation sites is 1. The predicted molar refractivity (Wildman–Crippen MR) is 83.2 cm³/mol. The Balaban J connectivity index is 2.18. The van der Waals surface area contributed by atoms with E-state index in [1.54, 1.807) is 18.3 Å². The van der Waals surface area contributed by atoms with Gasteiger partial charge in [0.05, 0.1) is 17.3 Å². The van der Waals surface area contributed by atoms with Crippen molar-refractivity contribution in [2.75, 3.05) is 0 Å². The fourth-order valence-corrected chi connectivity index (χ4v) is 3.04. The fraction of sp³-hybridized carbons (Fsp3) is 0.412. The summed E-state index contributed by atoms with van der Waals surface area (Å²) < 4.78 is 0. The molecule has 2 aliphatic rings. The molecule has 0 radical (unpaired) electrons. The molecule has 21 heavy (non-hydrogen) atoms. The van der Waals surface area contributed by atoms with E-state index in [4.69, 9.17) is 0 Å². The van der Waals surface area contributed by atoms with Crippen molar-refractivity contribution in [2.45, 2.75) is 33.6 Å². The molecule has 4 heteroatoms. The average Bonchev–Trinajstić information content (AvgIpc) is 2.55. The molecule has 0 N–H and O–H groups in total. The Morgan fingerprint density at radius 3 is 2.76 bits per heavy atom. The first-order chi connectivity index (χ1) is 9.87. The summed E-state index contributed by atoms with van der Waals surface area (Å²) in [7, 11) is 0. The maximum absolute atomic E-state index is 12.3. The van der Waals surface area contributed by atoms with Gasteiger partial charge in [-0.1, -0.05) is 19.9 Å². The second-order valence-corrected chi connectivity index (χ2v) is 6.57. The van der Waals surface area contributed by atoms with Crippen LogP contribution in [0.5, 0.6) is 0 Å². The Labute approximate surface area is 124 Å². The number of ketones is 2. The number of hydrogen-bond donors (Lipinski definition) is 0. The highest BCUT2D eigenvalue weighted by atomic mass is 16.1. The van der Waals surface area contributed by atoms with E-state index in [0.717, 1.165) is 12.1 Å². The SMILES string of the molecule is CC(=O)c1cccc2c1N=C1CC(C)(C)CC(=O)C1C=N2. The van der Waals surface area contributed by atoms with Gasteiger partial charge in [0, 0.05) is 23.9 Å². The summed E-state index contributed by atoms with van der Waals surface area (Å²) in [5.41, 5.74) is 2.57. The molecule has 1 aromatic carbocycles. The number of carbonyl (C=O) groups excluding carboxylic acids is 2. The zero-order valence-electron chi connectivity index (χ0n) is 12.5. The van der Waals surface area contributed by atoms with Gasteiger partial charge in [0.1, 0.15) is 5.78 Å². The van der Waals surface area contributed by atoms with E-state index in [0.29, 0.717) is 23.4 Å². The first kappa shape index (κ1) is 13.9. The van der Waals surface area contributed by atoms with Gasteiger partial charge < -0.3 is 0 Å². The third-order valence-corrected chi connectivity index (χ3v) is 4.03. The summed E-state index contributed by atoms with van der Waals surface area (Å²) in [5, 5.41) is 0. The highest BCUT2D eigenvalue weighted by Crippen LogP contribution is 2.40. The molecule has 3 rings (SSSR count). The number of benzene rings is 1. The van der Waals surface area contributed by atoms with E-state index in [2.05, 4.69) is 23.8 Å². The van der Waals surface area contributed by atoms with Crippen LogP contribution in [0.1, 0.15) is 44.0 Å². The lowest BCUT2D eigenvalue weighted by Crippen LogP contribution is -2.38.